The van der Waals surface area contributed by atoms with Crippen LogP contribution in [0.15, 0.2) is 96.7 Å². The summed E-state index contributed by atoms with van der Waals surface area (Å²) in [5.74, 6) is -0.434. The van der Waals surface area contributed by atoms with Gasteiger partial charge in [-0.2, -0.15) is 0 Å². The Kier molecular flexibility index (Phi) is 6.02. The number of ether oxygens (including phenoxy) is 1. The molecule has 1 aliphatic rings. The zero-order valence-corrected chi connectivity index (χ0v) is 19.1. The van der Waals surface area contributed by atoms with Crippen molar-refractivity contribution in [3.05, 3.63) is 114 Å². The number of fused-ring (bicyclic) bond motifs is 1. The van der Waals surface area contributed by atoms with Crippen molar-refractivity contribution in [3.8, 4) is 5.75 Å². The van der Waals surface area contributed by atoms with Gasteiger partial charge in [0.2, 0.25) is 0 Å². The maximum atomic E-state index is 13.5. The molecule has 1 N–H and O–H groups in total. The Hall–Kier alpha value is -4.45. The van der Waals surface area contributed by atoms with Crippen molar-refractivity contribution < 1.29 is 18.7 Å². The van der Waals surface area contributed by atoms with Gasteiger partial charge in [-0.05, 0) is 53.3 Å². The molecule has 0 spiro atoms. The molecule has 1 heterocycles. The highest BCUT2D eigenvalue weighted by Crippen LogP contribution is 2.33. The van der Waals surface area contributed by atoms with Gasteiger partial charge in [0, 0.05) is 17.6 Å². The number of rotatable bonds is 7. The Balaban J connectivity index is 1.52. The van der Waals surface area contributed by atoms with Crippen LogP contribution in [0.1, 0.15) is 11.1 Å². The highest BCUT2D eigenvalue weighted by Gasteiger charge is 2.39. The van der Waals surface area contributed by atoms with Gasteiger partial charge in [0.1, 0.15) is 17.3 Å². The van der Waals surface area contributed by atoms with Crippen LogP contribution < -0.4 is 10.1 Å². The van der Waals surface area contributed by atoms with E-state index in [9.17, 15) is 14.0 Å². The van der Waals surface area contributed by atoms with Crippen LogP contribution in [-0.2, 0) is 16.0 Å². The maximum absolute atomic E-state index is 13.5. The predicted octanol–water partition coefficient (Wildman–Crippen LogP) is 5.42. The van der Waals surface area contributed by atoms with Crippen molar-refractivity contribution >= 4 is 33.8 Å². The molecule has 5 rings (SSSR count). The fourth-order valence-corrected chi connectivity index (χ4v) is 4.28. The first-order chi connectivity index (χ1) is 17.0. The van der Waals surface area contributed by atoms with E-state index in [0.29, 0.717) is 23.3 Å². The van der Waals surface area contributed by atoms with E-state index in [1.54, 1.807) is 43.5 Å². The first-order valence-electron chi connectivity index (χ1n) is 11.3. The van der Waals surface area contributed by atoms with E-state index in [1.807, 2.05) is 42.5 Å². The maximum Gasteiger partial charge on any atom is 0.278 e. The Morgan fingerprint density at radius 3 is 2.29 bits per heavy atom. The molecule has 1 aliphatic heterocycles. The molecule has 6 heteroatoms. The second-order valence-corrected chi connectivity index (χ2v) is 8.27. The topological polar surface area (TPSA) is 58.6 Å². The van der Waals surface area contributed by atoms with Crippen LogP contribution >= 0.6 is 0 Å². The second-order valence-electron chi connectivity index (χ2n) is 8.27. The number of halogens is 1. The number of nitrogens with one attached hydrogen (secondary N) is 1. The molecule has 0 saturated heterocycles. The minimum Gasteiger partial charge on any atom is -0.497 e. The van der Waals surface area contributed by atoms with E-state index in [1.165, 1.54) is 17.0 Å². The van der Waals surface area contributed by atoms with E-state index < -0.39 is 5.91 Å². The van der Waals surface area contributed by atoms with Gasteiger partial charge in [-0.15, -0.1) is 0 Å². The number of carbonyl (C=O) groups excluding carboxylic acids is 2. The second kappa shape index (κ2) is 9.43. The standard InChI is InChI=1S/C29H23FN2O3/c1-35-23-15-11-21(12-16-23)26-27(31-25-8-4-6-20-5-2-3-7-24(20)25)29(34)32(28(26)33)18-17-19-9-13-22(30)14-10-19/h2-16,31H,17-18H2,1H3. The molecule has 4 aromatic carbocycles. The fraction of sp³-hybridized carbons (Fsp3) is 0.103. The molecule has 4 aromatic rings. The molecule has 0 atom stereocenters. The highest BCUT2D eigenvalue weighted by atomic mass is 19.1. The number of amides is 2. The van der Waals surface area contributed by atoms with Crippen molar-refractivity contribution in [3.63, 3.8) is 0 Å². The summed E-state index contributed by atoms with van der Waals surface area (Å²) in [6, 6.07) is 26.8. The summed E-state index contributed by atoms with van der Waals surface area (Å²) in [6.45, 7) is 0.184. The molecule has 0 unspecified atom stereocenters. The summed E-state index contributed by atoms with van der Waals surface area (Å²) in [6.07, 6.45) is 0.426. The molecule has 174 valence electrons. The van der Waals surface area contributed by atoms with Gasteiger partial charge in [-0.3, -0.25) is 14.5 Å². The summed E-state index contributed by atoms with van der Waals surface area (Å²) in [5.41, 5.74) is 2.75. The van der Waals surface area contributed by atoms with Gasteiger partial charge in [0.05, 0.1) is 12.7 Å². The molecule has 35 heavy (non-hydrogen) atoms. The third-order valence-corrected chi connectivity index (χ3v) is 6.13. The zero-order chi connectivity index (χ0) is 24.4. The molecule has 0 bridgehead atoms. The minimum absolute atomic E-state index is 0.184. The molecule has 5 nitrogen and oxygen atoms in total. The molecule has 0 aliphatic carbocycles. The lowest BCUT2D eigenvalue weighted by Crippen LogP contribution is -2.34. The lowest BCUT2D eigenvalue weighted by molar-refractivity contribution is -0.136. The molecule has 0 aromatic heterocycles. The molecule has 0 fully saturated rings. The number of imide groups is 1. The van der Waals surface area contributed by atoms with Gasteiger partial charge in [-0.1, -0.05) is 60.7 Å². The van der Waals surface area contributed by atoms with E-state index >= 15 is 0 Å². The normalized spacial score (nSPS) is 13.6. The fourth-order valence-electron chi connectivity index (χ4n) is 4.28. The van der Waals surface area contributed by atoms with Crippen molar-refractivity contribution in [1.29, 1.82) is 0 Å². The molecule has 0 radical (unpaired) electrons. The smallest absolute Gasteiger partial charge is 0.278 e. The van der Waals surface area contributed by atoms with Crippen LogP contribution in [0.2, 0.25) is 0 Å². The van der Waals surface area contributed by atoms with Gasteiger partial charge < -0.3 is 10.1 Å². The van der Waals surface area contributed by atoms with Crippen LogP contribution in [0.3, 0.4) is 0 Å². The average molecular weight is 467 g/mol. The highest BCUT2D eigenvalue weighted by molar-refractivity contribution is 6.36. The number of carbonyl (C=O) groups is 2. The lowest BCUT2D eigenvalue weighted by atomic mass is 10.0. The summed E-state index contributed by atoms with van der Waals surface area (Å²) in [5, 5.41) is 5.23. The first kappa shape index (κ1) is 22.3. The minimum atomic E-state index is -0.393. The van der Waals surface area contributed by atoms with Crippen molar-refractivity contribution in [2.45, 2.75) is 6.42 Å². The quantitative estimate of drug-likeness (QED) is 0.370. The van der Waals surface area contributed by atoms with E-state index in [2.05, 4.69) is 5.32 Å². The zero-order valence-electron chi connectivity index (χ0n) is 19.1. The number of nitrogens with zero attached hydrogens (tertiary/aromatic N) is 1. The summed E-state index contributed by atoms with van der Waals surface area (Å²) >= 11 is 0. The van der Waals surface area contributed by atoms with E-state index in [-0.39, 0.29) is 24.0 Å². The number of hydrogen-bond acceptors (Lipinski definition) is 4. The monoisotopic (exact) mass is 466 g/mol. The summed E-state index contributed by atoms with van der Waals surface area (Å²) in [7, 11) is 1.57. The van der Waals surface area contributed by atoms with Crippen LogP contribution in [0.5, 0.6) is 5.75 Å². The van der Waals surface area contributed by atoms with Crippen LogP contribution in [0.4, 0.5) is 10.1 Å². The molecule has 0 saturated carbocycles. The van der Waals surface area contributed by atoms with Crippen LogP contribution in [-0.4, -0.2) is 30.4 Å². The van der Waals surface area contributed by atoms with Gasteiger partial charge in [0.25, 0.3) is 11.8 Å². The van der Waals surface area contributed by atoms with Crippen LogP contribution in [0.25, 0.3) is 16.3 Å². The number of benzene rings is 4. The molecular formula is C29H23FN2O3. The number of anilines is 1. The number of hydrogen-bond donors (Lipinski definition) is 1. The van der Waals surface area contributed by atoms with Gasteiger partial charge >= 0.3 is 0 Å². The lowest BCUT2D eigenvalue weighted by Gasteiger charge is -2.16. The van der Waals surface area contributed by atoms with Crippen molar-refractivity contribution in [1.82, 2.24) is 4.90 Å². The first-order valence-corrected chi connectivity index (χ1v) is 11.3. The van der Waals surface area contributed by atoms with Crippen molar-refractivity contribution in [2.75, 3.05) is 19.0 Å². The van der Waals surface area contributed by atoms with E-state index in [0.717, 1.165) is 22.0 Å². The van der Waals surface area contributed by atoms with E-state index in [4.69, 9.17) is 4.74 Å². The molecule has 2 amide bonds. The SMILES string of the molecule is COc1ccc(C2=C(Nc3cccc4ccccc34)C(=O)N(CCc3ccc(F)cc3)C2=O)cc1. The van der Waals surface area contributed by atoms with Gasteiger partial charge in [-0.25, -0.2) is 4.39 Å². The summed E-state index contributed by atoms with van der Waals surface area (Å²) in [4.78, 5) is 28.3. The Morgan fingerprint density at radius 1 is 0.829 bits per heavy atom. The van der Waals surface area contributed by atoms with Gasteiger partial charge in [0.15, 0.2) is 0 Å². The third kappa shape index (κ3) is 4.38. The Labute approximate surface area is 202 Å². The van der Waals surface area contributed by atoms with Crippen LogP contribution in [0, 0.1) is 5.82 Å². The predicted molar refractivity (Wildman–Crippen MR) is 134 cm³/mol. The number of methoxy groups -OCH3 is 1. The Morgan fingerprint density at radius 2 is 1.54 bits per heavy atom. The average Bonchev–Trinajstić information content (AvgIpc) is 3.12. The van der Waals surface area contributed by atoms with Crippen molar-refractivity contribution in [2.24, 2.45) is 0 Å². The summed E-state index contributed by atoms with van der Waals surface area (Å²) < 4.78 is 18.5. The third-order valence-electron chi connectivity index (χ3n) is 6.13. The Bertz CT molecular complexity index is 1440. The largest absolute Gasteiger partial charge is 0.497 e. The molecular weight excluding hydrogens is 443 g/mol.